The van der Waals surface area contributed by atoms with E-state index in [2.05, 4.69) is 59.2 Å². The molecule has 1 saturated heterocycles. The van der Waals surface area contributed by atoms with E-state index < -0.39 is 0 Å². The van der Waals surface area contributed by atoms with Crippen LogP contribution in [-0.4, -0.2) is 40.9 Å². The third-order valence-electron chi connectivity index (χ3n) is 4.19. The van der Waals surface area contributed by atoms with Crippen molar-refractivity contribution in [3.05, 3.63) is 47.8 Å². The first-order valence-corrected chi connectivity index (χ1v) is 7.80. The largest absolute Gasteiger partial charge is 0.369 e. The molecule has 4 nitrogen and oxygen atoms in total. The number of hydrogen-bond donors (Lipinski definition) is 0. The summed E-state index contributed by atoms with van der Waals surface area (Å²) in [6.07, 6.45) is 4.15. The van der Waals surface area contributed by atoms with E-state index in [1.165, 1.54) is 16.8 Å². The highest BCUT2D eigenvalue weighted by molar-refractivity contribution is 5.47. The van der Waals surface area contributed by atoms with Crippen molar-refractivity contribution in [2.24, 2.45) is 0 Å². The number of rotatable bonds is 4. The fourth-order valence-corrected chi connectivity index (χ4v) is 2.84. The number of hydrogen-bond acceptors (Lipinski definition) is 3. The van der Waals surface area contributed by atoms with Crippen LogP contribution in [-0.2, 0) is 13.1 Å². The van der Waals surface area contributed by atoms with Gasteiger partial charge < -0.3 is 4.90 Å². The van der Waals surface area contributed by atoms with Crippen LogP contribution in [0.5, 0.6) is 0 Å². The first-order valence-electron chi connectivity index (χ1n) is 7.80. The molecule has 0 amide bonds. The van der Waals surface area contributed by atoms with Gasteiger partial charge in [0.1, 0.15) is 0 Å². The van der Waals surface area contributed by atoms with E-state index in [-0.39, 0.29) is 0 Å². The Balaban J connectivity index is 1.54. The van der Waals surface area contributed by atoms with Crippen molar-refractivity contribution in [2.45, 2.75) is 26.9 Å². The van der Waals surface area contributed by atoms with Gasteiger partial charge in [0.25, 0.3) is 0 Å². The molecule has 0 radical (unpaired) electrons. The molecule has 0 unspecified atom stereocenters. The molecule has 0 aliphatic carbocycles. The van der Waals surface area contributed by atoms with Crippen LogP contribution in [0.1, 0.15) is 18.1 Å². The zero-order valence-corrected chi connectivity index (χ0v) is 13.0. The summed E-state index contributed by atoms with van der Waals surface area (Å²) in [7, 11) is 0. The highest BCUT2D eigenvalue weighted by Crippen LogP contribution is 2.17. The minimum atomic E-state index is 0.946. The molecule has 3 rings (SSSR count). The topological polar surface area (TPSA) is 24.3 Å². The van der Waals surface area contributed by atoms with E-state index in [4.69, 9.17) is 0 Å². The molecule has 1 aliphatic heterocycles. The average molecular weight is 284 g/mol. The minimum absolute atomic E-state index is 0.946. The maximum atomic E-state index is 4.35. The summed E-state index contributed by atoms with van der Waals surface area (Å²) in [4.78, 5) is 4.99. The molecule has 21 heavy (non-hydrogen) atoms. The second-order valence-corrected chi connectivity index (χ2v) is 5.80. The third kappa shape index (κ3) is 3.45. The van der Waals surface area contributed by atoms with Gasteiger partial charge in [-0.15, -0.1) is 0 Å². The molecule has 4 heteroatoms. The fraction of sp³-hybridized carbons (Fsp3) is 0.471. The predicted molar refractivity (Wildman–Crippen MR) is 86.6 cm³/mol. The molecule has 1 fully saturated rings. The molecule has 0 spiro atoms. The molecule has 0 atom stereocenters. The zero-order valence-electron chi connectivity index (χ0n) is 13.0. The highest BCUT2D eigenvalue weighted by atomic mass is 15.3. The minimum Gasteiger partial charge on any atom is -0.369 e. The number of aryl methyl sites for hydroxylation is 2. The van der Waals surface area contributed by atoms with Crippen LogP contribution in [0.4, 0.5) is 5.69 Å². The van der Waals surface area contributed by atoms with Crippen molar-refractivity contribution in [3.8, 4) is 0 Å². The Bertz CT molecular complexity index is 565. The van der Waals surface area contributed by atoms with E-state index >= 15 is 0 Å². The van der Waals surface area contributed by atoms with E-state index in [9.17, 15) is 0 Å². The van der Waals surface area contributed by atoms with E-state index in [0.717, 1.165) is 39.3 Å². The number of piperazine rings is 1. The van der Waals surface area contributed by atoms with Crippen LogP contribution in [0.2, 0.25) is 0 Å². The van der Waals surface area contributed by atoms with Gasteiger partial charge in [-0.3, -0.25) is 9.58 Å². The van der Waals surface area contributed by atoms with Gasteiger partial charge in [-0.1, -0.05) is 17.7 Å². The Hall–Kier alpha value is -1.81. The lowest BCUT2D eigenvalue weighted by molar-refractivity contribution is 0.250. The van der Waals surface area contributed by atoms with Gasteiger partial charge in [0.15, 0.2) is 0 Å². The molecule has 112 valence electrons. The second kappa shape index (κ2) is 6.31. The van der Waals surface area contributed by atoms with Gasteiger partial charge in [0, 0.05) is 56.7 Å². The Labute approximate surface area is 127 Å². The summed E-state index contributed by atoms with van der Waals surface area (Å²) >= 11 is 0. The molecule has 1 aromatic carbocycles. The lowest BCUT2D eigenvalue weighted by atomic mass is 10.2. The first-order chi connectivity index (χ1) is 10.2. The maximum absolute atomic E-state index is 4.35. The monoisotopic (exact) mass is 284 g/mol. The number of anilines is 1. The molecular formula is C17H24N4. The van der Waals surface area contributed by atoms with Gasteiger partial charge in [0.2, 0.25) is 0 Å². The van der Waals surface area contributed by atoms with Crippen molar-refractivity contribution in [2.75, 3.05) is 31.1 Å². The predicted octanol–water partition coefficient (Wildman–Crippen LogP) is 2.53. The normalized spacial score (nSPS) is 16.4. The van der Waals surface area contributed by atoms with Crippen LogP contribution in [0, 0.1) is 6.92 Å². The lowest BCUT2D eigenvalue weighted by Crippen LogP contribution is -2.45. The molecule has 0 bridgehead atoms. The molecule has 1 aromatic heterocycles. The van der Waals surface area contributed by atoms with Crippen LogP contribution in [0.3, 0.4) is 0 Å². The molecule has 2 heterocycles. The second-order valence-electron chi connectivity index (χ2n) is 5.80. The van der Waals surface area contributed by atoms with Crippen molar-refractivity contribution in [3.63, 3.8) is 0 Å². The van der Waals surface area contributed by atoms with Gasteiger partial charge in [0.05, 0.1) is 6.20 Å². The summed E-state index contributed by atoms with van der Waals surface area (Å²) in [5, 5.41) is 4.35. The molecule has 0 N–H and O–H groups in total. The highest BCUT2D eigenvalue weighted by Gasteiger charge is 2.17. The van der Waals surface area contributed by atoms with Gasteiger partial charge >= 0.3 is 0 Å². The van der Waals surface area contributed by atoms with Crippen molar-refractivity contribution in [1.29, 1.82) is 0 Å². The summed E-state index contributed by atoms with van der Waals surface area (Å²) in [5.41, 5.74) is 3.99. The van der Waals surface area contributed by atoms with E-state index in [0.29, 0.717) is 0 Å². The van der Waals surface area contributed by atoms with Crippen LogP contribution in [0.25, 0.3) is 0 Å². The Morgan fingerprint density at radius 1 is 1.05 bits per heavy atom. The molecule has 0 saturated carbocycles. The van der Waals surface area contributed by atoms with Crippen molar-refractivity contribution in [1.82, 2.24) is 14.7 Å². The first kappa shape index (κ1) is 14.1. The maximum Gasteiger partial charge on any atom is 0.0534 e. The standard InChI is InChI=1S/C17H24N4/c1-3-21-14-16(12-18-21)13-19-8-10-20(11-9-19)17-6-4-15(2)5-7-17/h4-7,12,14H,3,8-11,13H2,1-2H3. The number of aromatic nitrogens is 2. The quantitative estimate of drug-likeness (QED) is 0.862. The molecular weight excluding hydrogens is 260 g/mol. The van der Waals surface area contributed by atoms with Crippen LogP contribution < -0.4 is 4.90 Å². The Kier molecular flexibility index (Phi) is 4.25. The van der Waals surface area contributed by atoms with Crippen LogP contribution in [0.15, 0.2) is 36.7 Å². The summed E-state index contributed by atoms with van der Waals surface area (Å²) < 4.78 is 2.00. The summed E-state index contributed by atoms with van der Waals surface area (Å²) in [6.45, 7) is 10.7. The Morgan fingerprint density at radius 2 is 1.76 bits per heavy atom. The van der Waals surface area contributed by atoms with Crippen LogP contribution >= 0.6 is 0 Å². The van der Waals surface area contributed by atoms with Gasteiger partial charge in [-0.25, -0.2) is 0 Å². The van der Waals surface area contributed by atoms with Crippen molar-refractivity contribution >= 4 is 5.69 Å². The molecule has 2 aromatic rings. The molecule has 1 aliphatic rings. The third-order valence-corrected chi connectivity index (χ3v) is 4.19. The summed E-state index contributed by atoms with van der Waals surface area (Å²) in [6, 6.07) is 8.86. The zero-order chi connectivity index (χ0) is 14.7. The van der Waals surface area contributed by atoms with Gasteiger partial charge in [-0.05, 0) is 26.0 Å². The van der Waals surface area contributed by atoms with E-state index in [1.54, 1.807) is 0 Å². The number of benzene rings is 1. The lowest BCUT2D eigenvalue weighted by Gasteiger charge is -2.36. The SMILES string of the molecule is CCn1cc(CN2CCN(c3ccc(C)cc3)CC2)cn1. The van der Waals surface area contributed by atoms with Gasteiger partial charge in [-0.2, -0.15) is 5.10 Å². The smallest absolute Gasteiger partial charge is 0.0534 e. The summed E-state index contributed by atoms with van der Waals surface area (Å²) in [5.74, 6) is 0. The number of nitrogens with zero attached hydrogens (tertiary/aromatic N) is 4. The average Bonchev–Trinajstić information content (AvgIpc) is 2.97. The Morgan fingerprint density at radius 3 is 2.38 bits per heavy atom. The van der Waals surface area contributed by atoms with Crippen molar-refractivity contribution < 1.29 is 0 Å². The fourth-order valence-electron chi connectivity index (χ4n) is 2.84. The van der Waals surface area contributed by atoms with E-state index in [1.807, 2.05) is 10.9 Å².